The molecular weight excluding hydrogens is 1180 g/mol. The van der Waals surface area contributed by atoms with Crippen LogP contribution in [0.5, 0.6) is 0 Å². The zero-order valence-corrected chi connectivity index (χ0v) is 56.6. The number of hydrogen-bond donors (Lipinski definition) is 8. The number of halogens is 2. The molecule has 0 spiro atoms. The van der Waals surface area contributed by atoms with E-state index < -0.39 is 163 Å². The van der Waals surface area contributed by atoms with Crippen molar-refractivity contribution in [3.8, 4) is 0 Å². The Balaban J connectivity index is 0.000000321. The van der Waals surface area contributed by atoms with Crippen LogP contribution in [0.25, 0.3) is 0 Å². The number of carbonyl (C=O) groups is 12. The van der Waals surface area contributed by atoms with Crippen molar-refractivity contribution in [2.75, 3.05) is 13.1 Å². The molecule has 26 heteroatoms. The maximum atomic E-state index is 14.2. The molecule has 12 atom stereocenters. The number of primary amides is 2. The van der Waals surface area contributed by atoms with Crippen LogP contribution in [0, 0.1) is 62.6 Å². The van der Waals surface area contributed by atoms with Gasteiger partial charge in [0.1, 0.15) is 46.2 Å². The van der Waals surface area contributed by atoms with Gasteiger partial charge in [0.2, 0.25) is 35.2 Å². The van der Waals surface area contributed by atoms with E-state index in [-0.39, 0.29) is 48.2 Å². The zero-order chi connectivity index (χ0) is 67.3. The third kappa shape index (κ3) is 17.8. The van der Waals surface area contributed by atoms with Crippen molar-refractivity contribution in [3.05, 3.63) is 0 Å². The molecule has 0 aromatic carbocycles. The summed E-state index contributed by atoms with van der Waals surface area (Å²) in [6, 6.07) is -9.88. The first-order valence-electron chi connectivity index (χ1n) is 30.8. The highest BCUT2D eigenvalue weighted by Crippen LogP contribution is 2.66. The number of carbonyl (C=O) groups excluding carboxylic acids is 12. The normalized spacial score (nSPS) is 24.7. The Labute approximate surface area is 528 Å². The standard InChI is InChI=1S/C32H53N5O7.C30H47Cl2N5O7/c1-16(2)44-28(42)24(31(6,7)8)36-29(43)35-23(30(3,4)5)27(41)37-15-18-20(32(18,9)10)21(37)26(40)34-19(22(38)25(33)39)14-17-12-11-13-17;1-27(2,3)20(35-26(43)36-21(28(4,5)6)25(42)44-29(7,8)9)24(41)37-13-15-17(30(15,31)32)18(37)23(40)34-16(12-14-10-11-14)19(38)22(33)39/h16-21,23-24H,11-15H2,1-10H3,(H2,33,39)(H,34,40)(H2,35,36,43);14-18,20-21H,10-13H2,1-9H3,(H2,33,39)(H,34,40)(H2,35,36,43)/t18-,19?,20-,21-,23+,24-;15-,16?,17-,18-,20+,21+/m00/s1. The number of likely N-dealkylation sites (tertiary alicyclic amines) is 2. The molecule has 10 amide bonds. The number of Topliss-reactive ketones (excluding diaryl/α,β-unsaturated/α-hetero) is 2. The van der Waals surface area contributed by atoms with Gasteiger partial charge in [-0.05, 0) is 98.2 Å². The van der Waals surface area contributed by atoms with Gasteiger partial charge in [-0.3, -0.25) is 38.4 Å². The number of nitrogens with one attached hydrogen (secondary N) is 6. The Morgan fingerprint density at radius 2 is 0.864 bits per heavy atom. The van der Waals surface area contributed by atoms with Crippen molar-refractivity contribution in [1.29, 1.82) is 0 Å². The van der Waals surface area contributed by atoms with Gasteiger partial charge in [0, 0.05) is 24.9 Å². The van der Waals surface area contributed by atoms with Gasteiger partial charge in [-0.15, -0.1) is 23.2 Å². The molecule has 0 aromatic heterocycles. The number of ketones is 2. The summed E-state index contributed by atoms with van der Waals surface area (Å²) in [6.45, 7) is 34.5. The summed E-state index contributed by atoms with van der Waals surface area (Å²) in [5.74, 6) is -8.12. The number of nitrogens with two attached hydrogens (primary N) is 2. The van der Waals surface area contributed by atoms with E-state index >= 15 is 0 Å². The predicted molar refractivity (Wildman–Crippen MR) is 328 cm³/mol. The summed E-state index contributed by atoms with van der Waals surface area (Å²) in [6.07, 6.45) is 4.81. The Hall–Kier alpha value is -5.78. The molecular formula is C62H100Cl2N10O14. The number of ether oxygens (including phenoxy) is 2. The van der Waals surface area contributed by atoms with Gasteiger partial charge < -0.3 is 62.6 Å². The van der Waals surface area contributed by atoms with Crippen LogP contribution in [-0.2, 0) is 57.4 Å². The van der Waals surface area contributed by atoms with Crippen LogP contribution in [0.4, 0.5) is 9.59 Å². The summed E-state index contributed by atoms with van der Waals surface area (Å²) < 4.78 is 9.62. The third-order valence-corrected chi connectivity index (χ3v) is 18.8. The molecule has 2 unspecified atom stereocenters. The zero-order valence-electron chi connectivity index (χ0n) is 55.0. The molecule has 24 nitrogen and oxygen atoms in total. The summed E-state index contributed by atoms with van der Waals surface area (Å²) in [7, 11) is 0. The van der Waals surface area contributed by atoms with Crippen molar-refractivity contribution in [1.82, 2.24) is 41.7 Å². The second kappa shape index (κ2) is 26.6. The summed E-state index contributed by atoms with van der Waals surface area (Å²) in [4.78, 5) is 160. The molecule has 4 aliphatic carbocycles. The minimum absolute atomic E-state index is 0.0457. The molecule has 6 aliphatic rings. The van der Waals surface area contributed by atoms with Crippen LogP contribution in [0.15, 0.2) is 0 Å². The Morgan fingerprint density at radius 3 is 1.19 bits per heavy atom. The van der Waals surface area contributed by atoms with E-state index in [2.05, 4.69) is 31.9 Å². The number of esters is 2. The minimum Gasteiger partial charge on any atom is -0.461 e. The van der Waals surface area contributed by atoms with E-state index in [0.29, 0.717) is 13.0 Å². The maximum Gasteiger partial charge on any atom is 0.329 e. The number of nitrogens with zero attached hydrogens (tertiary/aromatic N) is 2. The second-order valence-electron chi connectivity index (χ2n) is 31.4. The topological polar surface area (TPSA) is 354 Å². The fraction of sp³-hybridized carbons (Fsp3) is 0.806. The van der Waals surface area contributed by atoms with Crippen LogP contribution in [0.2, 0.25) is 0 Å². The highest BCUT2D eigenvalue weighted by Gasteiger charge is 2.74. The van der Waals surface area contributed by atoms with Crippen LogP contribution >= 0.6 is 23.2 Å². The molecule has 10 N–H and O–H groups in total. The number of alkyl halides is 2. The van der Waals surface area contributed by atoms with Crippen LogP contribution in [0.1, 0.15) is 176 Å². The lowest BCUT2D eigenvalue weighted by Crippen LogP contribution is -2.63. The first-order valence-corrected chi connectivity index (χ1v) is 31.5. The van der Waals surface area contributed by atoms with Gasteiger partial charge in [0.25, 0.3) is 11.8 Å². The van der Waals surface area contributed by atoms with Crippen molar-refractivity contribution >= 4 is 94.2 Å². The Morgan fingerprint density at radius 1 is 0.511 bits per heavy atom. The van der Waals surface area contributed by atoms with Crippen molar-refractivity contribution in [2.24, 2.45) is 74.0 Å². The first-order chi connectivity index (χ1) is 39.9. The summed E-state index contributed by atoms with van der Waals surface area (Å²) in [5.41, 5.74) is 6.58. The van der Waals surface area contributed by atoms with Gasteiger partial charge in [-0.1, -0.05) is 129 Å². The molecule has 0 bridgehead atoms. The largest absolute Gasteiger partial charge is 0.461 e. The average molecular weight is 1280 g/mol. The lowest BCUT2D eigenvalue weighted by Gasteiger charge is -2.38. The molecule has 2 saturated heterocycles. The number of fused-ring (bicyclic) bond motifs is 2. The van der Waals surface area contributed by atoms with E-state index in [9.17, 15) is 57.5 Å². The number of urea groups is 2. The Bertz CT molecular complexity index is 2730. The minimum atomic E-state index is -1.26. The van der Waals surface area contributed by atoms with Gasteiger partial charge >= 0.3 is 24.0 Å². The first kappa shape index (κ1) is 73.0. The maximum absolute atomic E-state index is 14.2. The summed E-state index contributed by atoms with van der Waals surface area (Å²) >= 11 is 12.9. The van der Waals surface area contributed by atoms with E-state index in [1.165, 1.54) is 9.80 Å². The van der Waals surface area contributed by atoms with Crippen LogP contribution in [0.3, 0.4) is 0 Å². The number of amides is 10. The quantitative estimate of drug-likeness (QED) is 0.0439. The van der Waals surface area contributed by atoms with Gasteiger partial charge in [-0.25, -0.2) is 19.2 Å². The van der Waals surface area contributed by atoms with E-state index in [0.717, 1.165) is 32.1 Å². The molecule has 6 rings (SSSR count). The summed E-state index contributed by atoms with van der Waals surface area (Å²) in [5, 5.41) is 16.3. The van der Waals surface area contributed by atoms with E-state index in [4.69, 9.17) is 44.1 Å². The second-order valence-corrected chi connectivity index (χ2v) is 32.8. The molecule has 6 fully saturated rings. The third-order valence-electron chi connectivity index (χ3n) is 17.7. The monoisotopic (exact) mass is 1280 g/mol. The number of hydrogen-bond acceptors (Lipinski definition) is 14. The average Bonchev–Trinajstić information content (AvgIpc) is 1.54. The van der Waals surface area contributed by atoms with Crippen molar-refractivity contribution in [3.63, 3.8) is 0 Å². The molecule has 2 heterocycles. The molecule has 496 valence electrons. The SMILES string of the molecule is CC(C)(C)OC(=O)[C@@H](NC(=O)N[C@H](C(=O)N1C[C@H]2[C@@H]([C@H]1C(=O)NC(CC1CC1)C(=O)C(N)=O)C2(Cl)Cl)C(C)(C)C)C(C)(C)C.CC(C)OC(=O)[C@H](NC(=O)N[C@H](C(=O)N1C[C@H]2[C@@H]([C@H]1C(=O)NC(CC1CCC1)C(=O)C(N)=O)C2(C)C)C(C)(C)C)C(C)(C)C. The lowest BCUT2D eigenvalue weighted by atomic mass is 9.80. The fourth-order valence-electron chi connectivity index (χ4n) is 12.2. The highest BCUT2D eigenvalue weighted by molar-refractivity contribution is 6.51. The van der Waals surface area contributed by atoms with Crippen LogP contribution < -0.4 is 43.4 Å². The van der Waals surface area contributed by atoms with Gasteiger partial charge in [0.15, 0.2) is 0 Å². The number of piperidine rings is 2. The molecule has 0 radical (unpaired) electrons. The predicted octanol–water partition coefficient (Wildman–Crippen LogP) is 4.71. The fourth-order valence-corrected chi connectivity index (χ4v) is 13.0. The highest BCUT2D eigenvalue weighted by atomic mass is 35.5. The van der Waals surface area contributed by atoms with Crippen molar-refractivity contribution in [2.45, 2.75) is 241 Å². The van der Waals surface area contributed by atoms with Crippen molar-refractivity contribution < 1.29 is 67.0 Å². The van der Waals surface area contributed by atoms with Crippen LogP contribution in [-0.4, -0.2) is 158 Å². The van der Waals surface area contributed by atoms with E-state index in [1.807, 2.05) is 13.8 Å². The molecule has 0 aromatic rings. The molecule has 4 saturated carbocycles. The van der Waals surface area contributed by atoms with E-state index in [1.54, 1.807) is 118 Å². The Kier molecular flexibility index (Phi) is 22.0. The molecule has 88 heavy (non-hydrogen) atoms. The smallest absolute Gasteiger partial charge is 0.329 e. The lowest BCUT2D eigenvalue weighted by molar-refractivity contribution is -0.160. The molecule has 2 aliphatic heterocycles. The van der Waals surface area contributed by atoms with Gasteiger partial charge in [-0.2, -0.15) is 0 Å². The number of rotatable bonds is 21. The van der Waals surface area contributed by atoms with Gasteiger partial charge in [0.05, 0.1) is 18.2 Å².